The van der Waals surface area contributed by atoms with E-state index in [0.29, 0.717) is 49.6 Å². The molecule has 3 aromatic rings. The van der Waals surface area contributed by atoms with E-state index in [1.807, 2.05) is 36.9 Å². The molecule has 2 aromatic carbocycles. The molecule has 4 rings (SSSR count). The lowest BCUT2D eigenvalue weighted by atomic mass is 10.1. The van der Waals surface area contributed by atoms with Crippen LogP contribution in [-0.4, -0.2) is 47.0 Å². The minimum Gasteiger partial charge on any atom is -0.488 e. The maximum Gasteiger partial charge on any atom is 0.276 e. The van der Waals surface area contributed by atoms with Gasteiger partial charge in [0.15, 0.2) is 17.3 Å². The molecule has 0 saturated carbocycles. The summed E-state index contributed by atoms with van der Waals surface area (Å²) >= 11 is 0. The Balaban J connectivity index is 1.38. The predicted octanol–water partition coefficient (Wildman–Crippen LogP) is 4.42. The minimum atomic E-state index is -0.849. The van der Waals surface area contributed by atoms with Crippen LogP contribution in [0.4, 0.5) is 8.78 Å². The van der Waals surface area contributed by atoms with Gasteiger partial charge < -0.3 is 14.2 Å². The number of hydrogen-bond acceptors (Lipinski definition) is 5. The van der Waals surface area contributed by atoms with Gasteiger partial charge in [0.2, 0.25) is 0 Å². The first-order valence-corrected chi connectivity index (χ1v) is 10.9. The number of carbonyl (C=O) groups is 1. The van der Waals surface area contributed by atoms with Crippen molar-refractivity contribution in [3.05, 3.63) is 81.7 Å². The summed E-state index contributed by atoms with van der Waals surface area (Å²) in [5.74, 6) is -0.593. The molecule has 2 heterocycles. The number of nitrogens with zero attached hydrogens (tertiary/aromatic N) is 3. The summed E-state index contributed by atoms with van der Waals surface area (Å²) in [5, 5.41) is 4.00. The van der Waals surface area contributed by atoms with Crippen molar-refractivity contribution in [1.82, 2.24) is 15.0 Å². The van der Waals surface area contributed by atoms with Crippen LogP contribution in [0.3, 0.4) is 0 Å². The summed E-state index contributed by atoms with van der Waals surface area (Å²) in [5.41, 5.74) is 3.36. The number of hydrogen-bond donors (Lipinski definition) is 0. The number of piperazine rings is 1. The molecule has 1 aromatic heterocycles. The fourth-order valence-corrected chi connectivity index (χ4v) is 4.01. The summed E-state index contributed by atoms with van der Waals surface area (Å²) < 4.78 is 38.7. The number of aromatic nitrogens is 1. The highest BCUT2D eigenvalue weighted by atomic mass is 19.2. The Morgan fingerprint density at radius 1 is 1.09 bits per heavy atom. The lowest BCUT2D eigenvalue weighted by Crippen LogP contribution is -2.48. The Morgan fingerprint density at radius 3 is 2.58 bits per heavy atom. The van der Waals surface area contributed by atoms with Crippen molar-refractivity contribution in [3.8, 4) is 5.75 Å². The third-order valence-electron chi connectivity index (χ3n) is 5.97. The Morgan fingerprint density at radius 2 is 1.85 bits per heavy atom. The molecule has 1 aliphatic rings. The first kappa shape index (κ1) is 22.9. The van der Waals surface area contributed by atoms with Crippen LogP contribution in [0.25, 0.3) is 0 Å². The lowest BCUT2D eigenvalue weighted by Gasteiger charge is -2.34. The average Bonchev–Trinajstić information content (AvgIpc) is 3.16. The zero-order valence-corrected chi connectivity index (χ0v) is 19.0. The molecular weight excluding hydrogens is 428 g/mol. The highest BCUT2D eigenvalue weighted by Gasteiger charge is 2.28. The molecule has 0 radical (unpaired) electrons. The molecule has 174 valence electrons. The van der Waals surface area contributed by atoms with Crippen LogP contribution < -0.4 is 4.74 Å². The van der Waals surface area contributed by atoms with Gasteiger partial charge in [-0.2, -0.15) is 0 Å². The van der Waals surface area contributed by atoms with Crippen LogP contribution in [0.2, 0.25) is 0 Å². The molecule has 0 unspecified atom stereocenters. The van der Waals surface area contributed by atoms with Crippen molar-refractivity contribution in [2.45, 2.75) is 33.9 Å². The van der Waals surface area contributed by atoms with Crippen LogP contribution in [0.5, 0.6) is 5.75 Å². The number of ether oxygens (including phenoxy) is 1. The SMILES string of the molecule is Cc1ccc(OCc2c(C(=O)N3CCN(Cc4cccc(F)c4F)CC3)noc2C)c(C)c1. The van der Waals surface area contributed by atoms with Crippen molar-refractivity contribution in [3.63, 3.8) is 0 Å². The largest absolute Gasteiger partial charge is 0.488 e. The first-order valence-electron chi connectivity index (χ1n) is 10.9. The van der Waals surface area contributed by atoms with Crippen LogP contribution in [0, 0.1) is 32.4 Å². The summed E-state index contributed by atoms with van der Waals surface area (Å²) in [4.78, 5) is 16.8. The van der Waals surface area contributed by atoms with E-state index in [1.165, 1.54) is 6.07 Å². The van der Waals surface area contributed by atoms with Gasteiger partial charge in [0.25, 0.3) is 5.91 Å². The molecule has 1 aliphatic heterocycles. The molecule has 0 aliphatic carbocycles. The fraction of sp³-hybridized carbons (Fsp3) is 0.360. The second-order valence-corrected chi connectivity index (χ2v) is 8.40. The maximum absolute atomic E-state index is 14.0. The number of amides is 1. The Bertz CT molecular complexity index is 1150. The number of rotatable bonds is 6. The van der Waals surface area contributed by atoms with Gasteiger partial charge in [-0.05, 0) is 38.5 Å². The van der Waals surface area contributed by atoms with Gasteiger partial charge in [-0.1, -0.05) is 35.0 Å². The molecule has 0 spiro atoms. The van der Waals surface area contributed by atoms with E-state index in [9.17, 15) is 13.6 Å². The van der Waals surface area contributed by atoms with Gasteiger partial charge in [0.1, 0.15) is 18.1 Å². The second kappa shape index (κ2) is 9.70. The molecule has 0 N–H and O–H groups in total. The molecule has 33 heavy (non-hydrogen) atoms. The minimum absolute atomic E-state index is 0.180. The highest BCUT2D eigenvalue weighted by Crippen LogP contribution is 2.23. The van der Waals surface area contributed by atoms with Gasteiger partial charge in [0, 0.05) is 38.3 Å². The number of halogens is 2. The molecule has 1 saturated heterocycles. The van der Waals surface area contributed by atoms with E-state index in [0.717, 1.165) is 22.9 Å². The van der Waals surface area contributed by atoms with E-state index >= 15 is 0 Å². The Hall–Kier alpha value is -3.26. The summed E-state index contributed by atoms with van der Waals surface area (Å²) in [7, 11) is 0. The third-order valence-corrected chi connectivity index (χ3v) is 5.97. The molecule has 0 bridgehead atoms. The van der Waals surface area contributed by atoms with Crippen molar-refractivity contribution < 1.29 is 22.8 Å². The van der Waals surface area contributed by atoms with Crippen molar-refractivity contribution in [2.75, 3.05) is 26.2 Å². The number of benzene rings is 2. The van der Waals surface area contributed by atoms with Crippen LogP contribution in [0.15, 0.2) is 40.9 Å². The van der Waals surface area contributed by atoms with Gasteiger partial charge in [-0.25, -0.2) is 8.78 Å². The van der Waals surface area contributed by atoms with E-state index in [1.54, 1.807) is 17.9 Å². The summed E-state index contributed by atoms with van der Waals surface area (Å²) in [6, 6.07) is 10.1. The molecule has 6 nitrogen and oxygen atoms in total. The number of aryl methyl sites for hydroxylation is 3. The molecular formula is C25H27F2N3O3. The quantitative estimate of drug-likeness (QED) is 0.551. The average molecular weight is 456 g/mol. The van der Waals surface area contributed by atoms with Gasteiger partial charge >= 0.3 is 0 Å². The zero-order chi connectivity index (χ0) is 23.5. The molecule has 1 fully saturated rings. The third kappa shape index (κ3) is 5.06. The fourth-order valence-electron chi connectivity index (χ4n) is 4.01. The van der Waals surface area contributed by atoms with Gasteiger partial charge in [0.05, 0.1) is 5.56 Å². The molecule has 1 amide bonds. The number of carbonyl (C=O) groups excluding carboxylic acids is 1. The van der Waals surface area contributed by atoms with Crippen molar-refractivity contribution in [1.29, 1.82) is 0 Å². The van der Waals surface area contributed by atoms with E-state index < -0.39 is 11.6 Å². The van der Waals surface area contributed by atoms with Gasteiger partial charge in [-0.3, -0.25) is 9.69 Å². The Labute approximate surface area is 191 Å². The standard InChI is InChI=1S/C25H27F2N3O3/c1-16-7-8-22(17(2)13-16)32-15-20-18(3)33-28-24(20)25(31)30-11-9-29(10-12-30)14-19-5-4-6-21(26)23(19)27/h4-8,13H,9-12,14-15H2,1-3H3. The zero-order valence-electron chi connectivity index (χ0n) is 19.0. The van der Waals surface area contributed by atoms with Crippen LogP contribution in [0.1, 0.15) is 38.5 Å². The predicted molar refractivity (Wildman–Crippen MR) is 119 cm³/mol. The van der Waals surface area contributed by atoms with Crippen LogP contribution >= 0.6 is 0 Å². The monoisotopic (exact) mass is 455 g/mol. The van der Waals surface area contributed by atoms with E-state index in [4.69, 9.17) is 9.26 Å². The van der Waals surface area contributed by atoms with Gasteiger partial charge in [-0.15, -0.1) is 0 Å². The van der Waals surface area contributed by atoms with Crippen LogP contribution in [-0.2, 0) is 13.2 Å². The lowest BCUT2D eigenvalue weighted by molar-refractivity contribution is 0.0614. The Kier molecular flexibility index (Phi) is 6.74. The molecule has 0 atom stereocenters. The second-order valence-electron chi connectivity index (χ2n) is 8.40. The normalized spacial score (nSPS) is 14.5. The molecule has 8 heteroatoms. The van der Waals surface area contributed by atoms with E-state index in [2.05, 4.69) is 5.16 Å². The summed E-state index contributed by atoms with van der Waals surface area (Å²) in [6.07, 6.45) is 0. The topological polar surface area (TPSA) is 58.8 Å². The summed E-state index contributed by atoms with van der Waals surface area (Å²) in [6.45, 7) is 8.24. The maximum atomic E-state index is 14.0. The van der Waals surface area contributed by atoms with Crippen molar-refractivity contribution in [2.24, 2.45) is 0 Å². The first-order chi connectivity index (χ1) is 15.8. The van der Waals surface area contributed by atoms with E-state index in [-0.39, 0.29) is 18.2 Å². The van der Waals surface area contributed by atoms with Crippen molar-refractivity contribution >= 4 is 5.91 Å². The highest BCUT2D eigenvalue weighted by molar-refractivity contribution is 5.93. The smallest absolute Gasteiger partial charge is 0.276 e.